The van der Waals surface area contributed by atoms with Crippen molar-refractivity contribution in [3.63, 3.8) is 0 Å². The molecule has 0 aliphatic carbocycles. The maximum atomic E-state index is 12.9. The van der Waals surface area contributed by atoms with Gasteiger partial charge in [-0.05, 0) is 35.6 Å². The molecule has 9 nitrogen and oxygen atoms in total. The number of aryl methyl sites for hydroxylation is 1. The molecule has 1 N–H and O–H groups in total. The molecule has 0 fully saturated rings. The zero-order chi connectivity index (χ0) is 23.1. The maximum absolute atomic E-state index is 12.9. The number of nitro groups is 1. The number of nitrogens with one attached hydrogen (secondary N) is 1. The number of rotatable bonds is 4. The first-order valence-corrected chi connectivity index (χ1v) is 11.5. The summed E-state index contributed by atoms with van der Waals surface area (Å²) in [4.78, 5) is 23.4. The minimum Gasteiger partial charge on any atom is -0.476 e. The van der Waals surface area contributed by atoms with Crippen LogP contribution in [0.15, 0.2) is 36.4 Å². The molecule has 1 aliphatic heterocycles. The van der Waals surface area contributed by atoms with E-state index in [9.17, 15) is 23.3 Å². The quantitative estimate of drug-likeness (QED) is 0.567. The minimum atomic E-state index is -3.68. The Balaban J connectivity index is 1.94. The lowest BCUT2D eigenvalue weighted by molar-refractivity contribution is -0.384. The summed E-state index contributed by atoms with van der Waals surface area (Å²) in [6.07, 6.45) is -0.0488. The highest BCUT2D eigenvalue weighted by Gasteiger charge is 2.36. The van der Waals surface area contributed by atoms with Crippen LogP contribution < -0.4 is 14.4 Å². The molecule has 166 valence electrons. The van der Waals surface area contributed by atoms with Crippen LogP contribution in [0.1, 0.15) is 31.9 Å². The standard InChI is InChI=1S/C21H25N3O6S/c1-13-6-8-15(24(26)27)11-16(13)22-20(25)19-12-23(31(5,28)29)17-10-14(21(2,3)4)7-9-18(17)30-19/h6-11,19H,12H2,1-5H3,(H,22,25). The highest BCUT2D eigenvalue weighted by atomic mass is 32.2. The third-order valence-electron chi connectivity index (χ3n) is 5.08. The molecule has 1 amide bonds. The number of benzene rings is 2. The van der Waals surface area contributed by atoms with Crippen molar-refractivity contribution in [2.24, 2.45) is 0 Å². The Hall–Kier alpha value is -3.14. The highest BCUT2D eigenvalue weighted by molar-refractivity contribution is 7.92. The van der Waals surface area contributed by atoms with Crippen molar-refractivity contribution in [3.8, 4) is 5.75 Å². The molecule has 0 aromatic heterocycles. The van der Waals surface area contributed by atoms with Gasteiger partial charge < -0.3 is 10.1 Å². The van der Waals surface area contributed by atoms with E-state index >= 15 is 0 Å². The SMILES string of the molecule is Cc1ccc([N+](=O)[O-])cc1NC(=O)C1CN(S(C)(=O)=O)c2cc(C(C)(C)C)ccc2O1. The van der Waals surface area contributed by atoms with Gasteiger partial charge in [-0.3, -0.25) is 19.2 Å². The molecule has 31 heavy (non-hydrogen) atoms. The van der Waals surface area contributed by atoms with Crippen molar-refractivity contribution < 1.29 is 22.9 Å². The van der Waals surface area contributed by atoms with Crippen LogP contribution in [0, 0.1) is 17.0 Å². The first kappa shape index (κ1) is 22.5. The van der Waals surface area contributed by atoms with Gasteiger partial charge in [-0.1, -0.05) is 32.9 Å². The third-order valence-corrected chi connectivity index (χ3v) is 6.22. The largest absolute Gasteiger partial charge is 0.476 e. The monoisotopic (exact) mass is 447 g/mol. The van der Waals surface area contributed by atoms with Gasteiger partial charge in [0.2, 0.25) is 10.0 Å². The van der Waals surface area contributed by atoms with Crippen LogP contribution in [0.2, 0.25) is 0 Å². The van der Waals surface area contributed by atoms with Crippen molar-refractivity contribution in [2.45, 2.75) is 39.2 Å². The van der Waals surface area contributed by atoms with Crippen LogP contribution in [-0.4, -0.2) is 38.2 Å². The Morgan fingerprint density at radius 3 is 2.48 bits per heavy atom. The molecule has 0 bridgehead atoms. The van der Waals surface area contributed by atoms with Crippen molar-refractivity contribution >= 4 is 33.0 Å². The van der Waals surface area contributed by atoms with Crippen LogP contribution in [-0.2, 0) is 20.2 Å². The summed E-state index contributed by atoms with van der Waals surface area (Å²) >= 11 is 0. The number of nitro benzene ring substituents is 1. The van der Waals surface area contributed by atoms with E-state index in [1.807, 2.05) is 26.8 Å². The lowest BCUT2D eigenvalue weighted by atomic mass is 9.86. The Kier molecular flexibility index (Phi) is 5.70. The smallest absolute Gasteiger partial charge is 0.271 e. The highest BCUT2D eigenvalue weighted by Crippen LogP contribution is 2.38. The van der Waals surface area contributed by atoms with Crippen molar-refractivity contribution in [1.82, 2.24) is 0 Å². The first-order chi connectivity index (χ1) is 14.3. The van der Waals surface area contributed by atoms with E-state index in [1.54, 1.807) is 19.1 Å². The summed E-state index contributed by atoms with van der Waals surface area (Å²) < 4.78 is 31.9. The lowest BCUT2D eigenvalue weighted by Crippen LogP contribution is -2.48. The molecule has 10 heteroatoms. The van der Waals surface area contributed by atoms with E-state index in [0.717, 1.165) is 16.1 Å². The van der Waals surface area contributed by atoms with Gasteiger partial charge in [0.25, 0.3) is 11.6 Å². The van der Waals surface area contributed by atoms with E-state index in [2.05, 4.69) is 5.32 Å². The number of anilines is 2. The van der Waals surface area contributed by atoms with Crippen molar-refractivity contribution in [1.29, 1.82) is 0 Å². The molecule has 1 aliphatic rings. The predicted octanol–water partition coefficient (Wildman–Crippen LogP) is 3.37. The summed E-state index contributed by atoms with van der Waals surface area (Å²) in [6.45, 7) is 7.54. The minimum absolute atomic E-state index is 0.164. The van der Waals surface area contributed by atoms with E-state index < -0.39 is 27.0 Å². The second-order valence-electron chi connectivity index (χ2n) is 8.58. The fraction of sp³-hybridized carbons (Fsp3) is 0.381. The fourth-order valence-electron chi connectivity index (χ4n) is 3.24. The third kappa shape index (κ3) is 4.79. The van der Waals surface area contributed by atoms with E-state index in [4.69, 9.17) is 4.74 Å². The lowest BCUT2D eigenvalue weighted by Gasteiger charge is -2.35. The first-order valence-electron chi connectivity index (χ1n) is 9.62. The molecular formula is C21H25N3O6S. The topological polar surface area (TPSA) is 119 Å². The Morgan fingerprint density at radius 2 is 1.90 bits per heavy atom. The fourth-order valence-corrected chi connectivity index (χ4v) is 4.15. The molecular weight excluding hydrogens is 422 g/mol. The van der Waals surface area contributed by atoms with Crippen LogP contribution in [0.25, 0.3) is 0 Å². The van der Waals surface area contributed by atoms with E-state index in [-0.39, 0.29) is 29.1 Å². The van der Waals surface area contributed by atoms with Crippen molar-refractivity contribution in [2.75, 3.05) is 22.4 Å². The van der Waals surface area contributed by atoms with E-state index in [1.165, 1.54) is 18.2 Å². The number of amides is 1. The second kappa shape index (κ2) is 7.84. The Bertz CT molecular complexity index is 1150. The zero-order valence-corrected chi connectivity index (χ0v) is 18.8. The molecule has 0 saturated carbocycles. The molecule has 1 heterocycles. The average molecular weight is 448 g/mol. The molecule has 2 aromatic rings. The van der Waals surface area contributed by atoms with Gasteiger partial charge in [-0.15, -0.1) is 0 Å². The van der Waals surface area contributed by atoms with Gasteiger partial charge in [0.15, 0.2) is 6.10 Å². The van der Waals surface area contributed by atoms with Crippen LogP contribution in [0.3, 0.4) is 0 Å². The number of hydrogen-bond donors (Lipinski definition) is 1. The summed E-state index contributed by atoms with van der Waals surface area (Å²) in [5, 5.41) is 13.7. The van der Waals surface area contributed by atoms with E-state index in [0.29, 0.717) is 11.3 Å². The zero-order valence-electron chi connectivity index (χ0n) is 18.0. The summed E-state index contributed by atoms with van der Waals surface area (Å²) in [6, 6.07) is 9.39. The Labute approximate surface area is 181 Å². The summed E-state index contributed by atoms with van der Waals surface area (Å²) in [5.41, 5.74) is 1.84. The molecule has 1 unspecified atom stereocenters. The molecule has 0 saturated heterocycles. The number of nitrogens with zero attached hydrogens (tertiary/aromatic N) is 2. The van der Waals surface area contributed by atoms with Gasteiger partial charge in [0, 0.05) is 12.1 Å². The van der Waals surface area contributed by atoms with Gasteiger partial charge in [-0.2, -0.15) is 0 Å². The molecule has 0 spiro atoms. The van der Waals surface area contributed by atoms with Gasteiger partial charge in [0.1, 0.15) is 5.75 Å². The summed E-state index contributed by atoms with van der Waals surface area (Å²) in [7, 11) is -3.68. The molecule has 0 radical (unpaired) electrons. The predicted molar refractivity (Wildman–Crippen MR) is 118 cm³/mol. The van der Waals surface area contributed by atoms with Crippen LogP contribution in [0.5, 0.6) is 5.75 Å². The second-order valence-corrected chi connectivity index (χ2v) is 10.5. The van der Waals surface area contributed by atoms with Crippen LogP contribution in [0.4, 0.5) is 17.1 Å². The van der Waals surface area contributed by atoms with Gasteiger partial charge >= 0.3 is 0 Å². The number of hydrogen-bond acceptors (Lipinski definition) is 6. The van der Waals surface area contributed by atoms with Gasteiger partial charge in [0.05, 0.1) is 29.1 Å². The number of ether oxygens (including phenoxy) is 1. The Morgan fingerprint density at radius 1 is 1.23 bits per heavy atom. The van der Waals surface area contributed by atoms with Crippen molar-refractivity contribution in [3.05, 3.63) is 57.6 Å². The number of sulfonamides is 1. The van der Waals surface area contributed by atoms with Crippen LogP contribution >= 0.6 is 0 Å². The molecule has 3 rings (SSSR count). The van der Waals surface area contributed by atoms with Gasteiger partial charge in [-0.25, -0.2) is 8.42 Å². The summed E-state index contributed by atoms with van der Waals surface area (Å²) in [5.74, 6) is -0.316. The normalized spacial score (nSPS) is 16.3. The molecule has 1 atom stereocenters. The number of carbonyl (C=O) groups is 1. The number of carbonyl (C=O) groups excluding carboxylic acids is 1. The average Bonchev–Trinajstić information content (AvgIpc) is 2.66. The maximum Gasteiger partial charge on any atom is 0.271 e. The molecule has 2 aromatic carbocycles. The number of fused-ring (bicyclic) bond motifs is 1. The number of non-ortho nitro benzene ring substituents is 1.